The van der Waals surface area contributed by atoms with E-state index >= 15 is 0 Å². The molecule has 3 N–H and O–H groups in total. The van der Waals surface area contributed by atoms with Crippen molar-refractivity contribution in [3.63, 3.8) is 0 Å². The van der Waals surface area contributed by atoms with Crippen LogP contribution < -0.4 is 11.1 Å². The molecular formula is C13H24N2O. The molecule has 2 fully saturated rings. The summed E-state index contributed by atoms with van der Waals surface area (Å²) < 4.78 is 0. The van der Waals surface area contributed by atoms with Crippen LogP contribution in [0.15, 0.2) is 0 Å². The van der Waals surface area contributed by atoms with Gasteiger partial charge in [0, 0.05) is 6.42 Å². The Hall–Kier alpha value is -0.410. The van der Waals surface area contributed by atoms with E-state index in [1.165, 1.54) is 0 Å². The molecule has 3 nitrogen and oxygen atoms in total. The fraction of sp³-hybridized carbons (Fsp3) is 0.923. The SMILES string of the molecule is CC1(C)[C@@H]2CC(=O)[C@@](C)(NCCCN)C[C@@H]21. The van der Waals surface area contributed by atoms with Crippen molar-refractivity contribution in [2.75, 3.05) is 13.1 Å². The molecule has 3 heteroatoms. The summed E-state index contributed by atoms with van der Waals surface area (Å²) in [5.74, 6) is 1.78. The van der Waals surface area contributed by atoms with Crippen molar-refractivity contribution >= 4 is 5.78 Å². The molecule has 0 heterocycles. The predicted molar refractivity (Wildman–Crippen MR) is 65.1 cm³/mol. The van der Waals surface area contributed by atoms with Gasteiger partial charge in [-0.1, -0.05) is 13.8 Å². The van der Waals surface area contributed by atoms with Crippen LogP contribution in [-0.4, -0.2) is 24.4 Å². The summed E-state index contributed by atoms with van der Waals surface area (Å²) in [7, 11) is 0. The van der Waals surface area contributed by atoms with Gasteiger partial charge in [-0.05, 0) is 50.1 Å². The van der Waals surface area contributed by atoms with E-state index in [0.717, 1.165) is 31.7 Å². The van der Waals surface area contributed by atoms with Crippen LogP contribution in [0.1, 0.15) is 40.0 Å². The smallest absolute Gasteiger partial charge is 0.152 e. The van der Waals surface area contributed by atoms with E-state index < -0.39 is 0 Å². The fourth-order valence-electron chi connectivity index (χ4n) is 3.28. The topological polar surface area (TPSA) is 55.1 Å². The molecule has 0 bridgehead atoms. The van der Waals surface area contributed by atoms with Crippen molar-refractivity contribution in [3.8, 4) is 0 Å². The van der Waals surface area contributed by atoms with Gasteiger partial charge in [0.25, 0.3) is 0 Å². The number of fused-ring (bicyclic) bond motifs is 1. The van der Waals surface area contributed by atoms with Crippen molar-refractivity contribution in [2.45, 2.75) is 45.6 Å². The Balaban J connectivity index is 1.97. The zero-order valence-corrected chi connectivity index (χ0v) is 10.7. The number of ketones is 1. The number of hydrogen-bond donors (Lipinski definition) is 2. The lowest BCUT2D eigenvalue weighted by Crippen LogP contribution is -2.52. The fourth-order valence-corrected chi connectivity index (χ4v) is 3.28. The van der Waals surface area contributed by atoms with Gasteiger partial charge >= 0.3 is 0 Å². The third kappa shape index (κ3) is 1.80. The minimum absolute atomic E-state index is 0.288. The van der Waals surface area contributed by atoms with Gasteiger partial charge in [0.1, 0.15) is 0 Å². The largest absolute Gasteiger partial charge is 0.330 e. The van der Waals surface area contributed by atoms with Crippen LogP contribution in [0.5, 0.6) is 0 Å². The molecule has 2 aliphatic carbocycles. The minimum Gasteiger partial charge on any atom is -0.330 e. The third-order valence-corrected chi connectivity index (χ3v) is 4.83. The van der Waals surface area contributed by atoms with Crippen molar-refractivity contribution < 1.29 is 4.79 Å². The van der Waals surface area contributed by atoms with Gasteiger partial charge in [-0.2, -0.15) is 0 Å². The monoisotopic (exact) mass is 224 g/mol. The number of Topliss-reactive ketones (excluding diaryl/α,β-unsaturated/α-hetero) is 1. The van der Waals surface area contributed by atoms with Crippen LogP contribution in [-0.2, 0) is 4.79 Å². The van der Waals surface area contributed by atoms with E-state index in [1.807, 2.05) is 0 Å². The molecule has 0 amide bonds. The van der Waals surface area contributed by atoms with E-state index in [1.54, 1.807) is 0 Å². The molecule has 0 aromatic carbocycles. The number of carbonyl (C=O) groups excluding carboxylic acids is 1. The Morgan fingerprint density at radius 2 is 2.06 bits per heavy atom. The van der Waals surface area contributed by atoms with Gasteiger partial charge in [-0.25, -0.2) is 0 Å². The third-order valence-electron chi connectivity index (χ3n) is 4.83. The summed E-state index contributed by atoms with van der Waals surface area (Å²) in [5, 5.41) is 3.41. The van der Waals surface area contributed by atoms with Gasteiger partial charge in [0.05, 0.1) is 5.54 Å². The van der Waals surface area contributed by atoms with Crippen LogP contribution in [0.4, 0.5) is 0 Å². The van der Waals surface area contributed by atoms with Gasteiger partial charge in [0.15, 0.2) is 5.78 Å². The average Bonchev–Trinajstić information content (AvgIpc) is 2.70. The second-order valence-corrected chi connectivity index (χ2v) is 6.27. The van der Waals surface area contributed by atoms with E-state index in [4.69, 9.17) is 5.73 Å². The van der Waals surface area contributed by atoms with Crippen LogP contribution in [0.3, 0.4) is 0 Å². The standard InChI is InChI=1S/C13H24N2O/c1-12(2)9-7-11(16)13(3,8-10(9)12)15-6-4-5-14/h9-10,15H,4-8,14H2,1-3H3/t9-,10+,13+/m1/s1. The maximum Gasteiger partial charge on any atom is 0.152 e. The molecule has 0 aromatic rings. The molecule has 0 saturated heterocycles. The molecule has 3 atom stereocenters. The van der Waals surface area contributed by atoms with Crippen LogP contribution in [0, 0.1) is 17.3 Å². The molecular weight excluding hydrogens is 200 g/mol. The molecule has 0 aromatic heterocycles. The first-order valence-corrected chi connectivity index (χ1v) is 6.40. The molecule has 0 aliphatic heterocycles. The highest BCUT2D eigenvalue weighted by molar-refractivity contribution is 5.90. The number of nitrogens with two attached hydrogens (primary N) is 1. The summed E-state index contributed by atoms with van der Waals surface area (Å²) in [6.07, 6.45) is 2.72. The molecule has 92 valence electrons. The quantitative estimate of drug-likeness (QED) is 0.708. The highest BCUT2D eigenvalue weighted by atomic mass is 16.1. The highest BCUT2D eigenvalue weighted by Crippen LogP contribution is 2.65. The predicted octanol–water partition coefficient (Wildman–Crippen LogP) is 1.32. The molecule has 2 saturated carbocycles. The molecule has 2 rings (SSSR count). The van der Waals surface area contributed by atoms with E-state index in [-0.39, 0.29) is 5.54 Å². The second kappa shape index (κ2) is 3.81. The lowest BCUT2D eigenvalue weighted by Gasteiger charge is -2.32. The average molecular weight is 224 g/mol. The second-order valence-electron chi connectivity index (χ2n) is 6.27. The van der Waals surface area contributed by atoms with Crippen LogP contribution in [0.2, 0.25) is 0 Å². The summed E-state index contributed by atoms with van der Waals surface area (Å²) >= 11 is 0. The van der Waals surface area contributed by atoms with Crippen molar-refractivity contribution in [2.24, 2.45) is 23.0 Å². The van der Waals surface area contributed by atoms with Crippen LogP contribution >= 0.6 is 0 Å². The summed E-state index contributed by atoms with van der Waals surface area (Å²) in [4.78, 5) is 12.1. The highest BCUT2D eigenvalue weighted by Gasteiger charge is 2.63. The lowest BCUT2D eigenvalue weighted by molar-refractivity contribution is -0.127. The van der Waals surface area contributed by atoms with Crippen molar-refractivity contribution in [3.05, 3.63) is 0 Å². The van der Waals surface area contributed by atoms with Gasteiger partial charge in [0.2, 0.25) is 0 Å². The molecule has 2 aliphatic rings. The molecule has 16 heavy (non-hydrogen) atoms. The Morgan fingerprint density at radius 1 is 1.38 bits per heavy atom. The lowest BCUT2D eigenvalue weighted by atomic mass is 9.82. The Morgan fingerprint density at radius 3 is 2.69 bits per heavy atom. The van der Waals surface area contributed by atoms with Gasteiger partial charge in [-0.3, -0.25) is 4.79 Å². The summed E-state index contributed by atoms with van der Waals surface area (Å²) in [5.41, 5.74) is 5.58. The number of nitrogens with one attached hydrogen (secondary N) is 1. The minimum atomic E-state index is -0.288. The van der Waals surface area contributed by atoms with Crippen molar-refractivity contribution in [1.29, 1.82) is 0 Å². The van der Waals surface area contributed by atoms with Crippen molar-refractivity contribution in [1.82, 2.24) is 5.32 Å². The summed E-state index contributed by atoms with van der Waals surface area (Å²) in [6, 6.07) is 0. The van der Waals surface area contributed by atoms with Crippen LogP contribution in [0.25, 0.3) is 0 Å². The zero-order chi connectivity index (χ0) is 12.0. The van der Waals surface area contributed by atoms with E-state index in [2.05, 4.69) is 26.1 Å². The van der Waals surface area contributed by atoms with Gasteiger partial charge < -0.3 is 11.1 Å². The first kappa shape index (κ1) is 12.1. The first-order valence-electron chi connectivity index (χ1n) is 6.40. The normalized spacial score (nSPS) is 40.6. The molecule has 0 radical (unpaired) electrons. The Labute approximate surface area is 98.2 Å². The number of rotatable bonds is 4. The molecule has 0 unspecified atom stereocenters. The summed E-state index contributed by atoms with van der Waals surface area (Å²) in [6.45, 7) is 8.20. The Bertz CT molecular complexity index is 300. The maximum absolute atomic E-state index is 12.1. The molecule has 0 spiro atoms. The first-order chi connectivity index (χ1) is 7.42. The van der Waals surface area contributed by atoms with E-state index in [9.17, 15) is 4.79 Å². The van der Waals surface area contributed by atoms with Gasteiger partial charge in [-0.15, -0.1) is 0 Å². The number of hydrogen-bond acceptors (Lipinski definition) is 3. The maximum atomic E-state index is 12.1. The number of carbonyl (C=O) groups is 1. The van der Waals surface area contributed by atoms with E-state index in [0.29, 0.717) is 23.7 Å². The zero-order valence-electron chi connectivity index (χ0n) is 10.7. The Kier molecular flexibility index (Phi) is 2.87.